The number of carboxylic acids is 1. The molecular formula is C35H61N11O14S. The van der Waals surface area contributed by atoms with Crippen molar-refractivity contribution in [3.63, 3.8) is 0 Å². The maximum absolute atomic E-state index is 13.6. The fourth-order valence-electron chi connectivity index (χ4n) is 5.01. The number of nitrogens with two attached hydrogens (primary N) is 3. The molecule has 10 unspecified atom stereocenters. The average Bonchev–Trinajstić information content (AvgIpc) is 3.16. The second-order valence-corrected chi connectivity index (χ2v) is 15.4. The normalized spacial score (nSPS) is 15.9. The molecule has 61 heavy (non-hydrogen) atoms. The van der Waals surface area contributed by atoms with Gasteiger partial charge in [-0.05, 0) is 58.5 Å². The van der Waals surface area contributed by atoms with Crippen molar-refractivity contribution in [2.24, 2.45) is 23.1 Å². The van der Waals surface area contributed by atoms with E-state index < -0.39 is 157 Å². The highest BCUT2D eigenvalue weighted by atomic mass is 32.2. The zero-order valence-corrected chi connectivity index (χ0v) is 35.9. The van der Waals surface area contributed by atoms with Crippen LogP contribution in [0.5, 0.6) is 0 Å². The standard InChI is InChI=1S/C35H61N11O14S/c1-14(2)25(33(57)46-26(18(6)48)34(58)43-21(35(59)60)12-24(38)50)45-31(55)19(8-9-23(37)49)42-32(56)22(13-47)44-30(54)20(10-11-61-7)41-29(53)17(5)40-28(52)16(4)39-27(51)15(3)36/h14-22,25-26,47-48H,8-13,36H2,1-7H3,(H2,37,49)(H2,38,50)(H,39,51)(H,40,52)(H,41,53)(H,42,56)(H,43,58)(H,44,54)(H,45,55)(H,46,57)(H,59,60). The number of amides is 10. The van der Waals surface area contributed by atoms with Crippen LogP contribution in [0.1, 0.15) is 67.2 Å². The lowest BCUT2D eigenvalue weighted by atomic mass is 10.0. The topological polar surface area (TPSA) is 423 Å². The Labute approximate surface area is 356 Å². The molecule has 346 valence electrons. The number of carboxylic acid groups (broad SMARTS) is 1. The van der Waals surface area contributed by atoms with Crippen molar-refractivity contribution in [2.75, 3.05) is 18.6 Å². The molecule has 10 amide bonds. The minimum absolute atomic E-state index is 0.0212. The molecule has 0 rings (SSSR count). The lowest BCUT2D eigenvalue weighted by Gasteiger charge is -2.29. The van der Waals surface area contributed by atoms with Gasteiger partial charge < -0.3 is 75.1 Å². The summed E-state index contributed by atoms with van der Waals surface area (Å²) in [5.41, 5.74) is 15.8. The van der Waals surface area contributed by atoms with E-state index in [9.17, 15) is 68.1 Å². The van der Waals surface area contributed by atoms with E-state index in [0.717, 1.165) is 6.92 Å². The molecule has 0 saturated carbocycles. The molecule has 25 nitrogen and oxygen atoms in total. The first-order valence-electron chi connectivity index (χ1n) is 19.0. The Morgan fingerprint density at radius 1 is 0.541 bits per heavy atom. The number of thioether (sulfide) groups is 1. The van der Waals surface area contributed by atoms with Gasteiger partial charge in [-0.3, -0.25) is 47.9 Å². The quantitative estimate of drug-likeness (QED) is 0.0347. The van der Waals surface area contributed by atoms with Crippen molar-refractivity contribution in [1.82, 2.24) is 42.5 Å². The molecule has 0 aromatic carbocycles. The van der Waals surface area contributed by atoms with Crippen molar-refractivity contribution < 1.29 is 68.1 Å². The number of nitrogens with one attached hydrogen (secondary N) is 8. The number of hydrogen-bond acceptors (Lipinski definition) is 15. The molecule has 0 saturated heterocycles. The molecule has 0 bridgehead atoms. The first-order chi connectivity index (χ1) is 28.3. The fourth-order valence-corrected chi connectivity index (χ4v) is 5.48. The van der Waals surface area contributed by atoms with E-state index in [1.807, 2.05) is 5.32 Å². The summed E-state index contributed by atoms with van der Waals surface area (Å²) in [6.45, 7) is 7.13. The Hall–Kier alpha value is -5.60. The highest BCUT2D eigenvalue weighted by Crippen LogP contribution is 2.08. The van der Waals surface area contributed by atoms with Gasteiger partial charge in [-0.25, -0.2) is 4.79 Å². The molecule has 0 aliphatic heterocycles. The Morgan fingerprint density at radius 2 is 0.967 bits per heavy atom. The van der Waals surface area contributed by atoms with Gasteiger partial charge in [0.25, 0.3) is 0 Å². The molecule has 0 aromatic rings. The molecule has 0 aliphatic rings. The summed E-state index contributed by atoms with van der Waals surface area (Å²) in [7, 11) is 0. The number of hydrogen-bond donors (Lipinski definition) is 14. The maximum Gasteiger partial charge on any atom is 0.326 e. The van der Waals surface area contributed by atoms with Crippen LogP contribution in [-0.4, -0.2) is 159 Å². The third-order valence-corrected chi connectivity index (χ3v) is 9.26. The van der Waals surface area contributed by atoms with Crippen molar-refractivity contribution in [3.05, 3.63) is 0 Å². The summed E-state index contributed by atoms with van der Waals surface area (Å²) in [6.07, 6.45) is -1.60. The van der Waals surface area contributed by atoms with Gasteiger partial charge in [0.2, 0.25) is 59.1 Å². The lowest BCUT2D eigenvalue weighted by molar-refractivity contribution is -0.144. The molecule has 10 atom stereocenters. The Balaban J connectivity index is 6.09. The summed E-state index contributed by atoms with van der Waals surface area (Å²) >= 11 is 1.32. The minimum atomic E-state index is -1.80. The summed E-state index contributed by atoms with van der Waals surface area (Å²) in [6, 6.07) is -12.9. The summed E-state index contributed by atoms with van der Waals surface area (Å²) in [4.78, 5) is 139. The van der Waals surface area contributed by atoms with E-state index in [0.29, 0.717) is 5.75 Å². The van der Waals surface area contributed by atoms with Gasteiger partial charge in [0.1, 0.15) is 48.3 Å². The number of primary amides is 2. The molecular weight excluding hydrogens is 831 g/mol. The second-order valence-electron chi connectivity index (χ2n) is 14.4. The lowest BCUT2D eigenvalue weighted by Crippen LogP contribution is -2.62. The van der Waals surface area contributed by atoms with Gasteiger partial charge in [0.15, 0.2) is 0 Å². The highest BCUT2D eigenvalue weighted by molar-refractivity contribution is 7.98. The van der Waals surface area contributed by atoms with Gasteiger partial charge in [-0.15, -0.1) is 0 Å². The molecule has 0 radical (unpaired) electrons. The first kappa shape index (κ1) is 55.4. The van der Waals surface area contributed by atoms with E-state index in [1.165, 1.54) is 46.4 Å². The van der Waals surface area contributed by atoms with Gasteiger partial charge in [-0.2, -0.15) is 11.8 Å². The van der Waals surface area contributed by atoms with Gasteiger partial charge in [0, 0.05) is 6.42 Å². The fraction of sp³-hybridized carbons (Fsp3) is 0.686. The van der Waals surface area contributed by atoms with Crippen LogP contribution in [-0.2, 0) is 52.7 Å². The van der Waals surface area contributed by atoms with Gasteiger partial charge in [-0.1, -0.05) is 13.8 Å². The van der Waals surface area contributed by atoms with Crippen molar-refractivity contribution in [1.29, 1.82) is 0 Å². The second kappa shape index (κ2) is 27.3. The Kier molecular flexibility index (Phi) is 24.8. The number of carbonyl (C=O) groups is 11. The SMILES string of the molecule is CSCCC(NC(=O)C(C)NC(=O)C(C)NC(=O)C(C)N)C(=O)NC(CO)C(=O)NC(CCC(N)=O)C(=O)NC(C(=O)NC(C(=O)NC(CC(N)=O)C(=O)O)C(C)O)C(C)C. The third-order valence-electron chi connectivity index (χ3n) is 8.62. The molecule has 0 spiro atoms. The van der Waals surface area contributed by atoms with Crippen molar-refractivity contribution in [3.8, 4) is 0 Å². The van der Waals surface area contributed by atoms with E-state index in [4.69, 9.17) is 17.2 Å². The van der Waals surface area contributed by atoms with Gasteiger partial charge in [0.05, 0.1) is 25.2 Å². The van der Waals surface area contributed by atoms with E-state index >= 15 is 0 Å². The Bertz CT molecular complexity index is 1600. The van der Waals surface area contributed by atoms with Crippen molar-refractivity contribution in [2.45, 2.75) is 128 Å². The minimum Gasteiger partial charge on any atom is -0.480 e. The zero-order valence-electron chi connectivity index (χ0n) is 35.1. The molecule has 0 heterocycles. The number of rotatable bonds is 28. The predicted octanol–water partition coefficient (Wildman–Crippen LogP) is -6.74. The molecule has 0 aliphatic carbocycles. The van der Waals surface area contributed by atoms with Crippen LogP contribution in [0.4, 0.5) is 0 Å². The van der Waals surface area contributed by atoms with E-state index in [-0.39, 0.29) is 6.42 Å². The van der Waals surface area contributed by atoms with Crippen LogP contribution in [0.2, 0.25) is 0 Å². The predicted molar refractivity (Wildman–Crippen MR) is 217 cm³/mol. The van der Waals surface area contributed by atoms with Crippen molar-refractivity contribution >= 4 is 76.8 Å². The van der Waals surface area contributed by atoms with E-state index in [2.05, 4.69) is 37.2 Å². The number of aliphatic hydroxyl groups is 2. The summed E-state index contributed by atoms with van der Waals surface area (Å²) < 4.78 is 0. The molecule has 0 fully saturated rings. The van der Waals surface area contributed by atoms with E-state index in [1.54, 1.807) is 6.26 Å². The maximum atomic E-state index is 13.6. The largest absolute Gasteiger partial charge is 0.480 e. The molecule has 26 heteroatoms. The highest BCUT2D eigenvalue weighted by Gasteiger charge is 2.36. The smallest absolute Gasteiger partial charge is 0.326 e. The zero-order chi connectivity index (χ0) is 47.3. The van der Waals surface area contributed by atoms with Crippen LogP contribution in [0.3, 0.4) is 0 Å². The summed E-state index contributed by atoms with van der Waals surface area (Å²) in [5, 5.41) is 48.1. The first-order valence-corrected chi connectivity index (χ1v) is 20.4. The number of carbonyl (C=O) groups excluding carboxylic acids is 10. The summed E-state index contributed by atoms with van der Waals surface area (Å²) in [5.74, 6) is -11.6. The van der Waals surface area contributed by atoms with Crippen LogP contribution >= 0.6 is 11.8 Å². The van der Waals surface area contributed by atoms with Crippen LogP contribution in [0, 0.1) is 5.92 Å². The monoisotopic (exact) mass is 891 g/mol. The van der Waals surface area contributed by atoms with Crippen LogP contribution in [0.25, 0.3) is 0 Å². The average molecular weight is 892 g/mol. The number of aliphatic carboxylic acids is 1. The molecule has 17 N–H and O–H groups in total. The van der Waals surface area contributed by atoms with Crippen LogP contribution < -0.4 is 59.7 Å². The van der Waals surface area contributed by atoms with Crippen LogP contribution in [0.15, 0.2) is 0 Å². The third kappa shape index (κ3) is 20.5. The number of aliphatic hydroxyl groups excluding tert-OH is 2. The molecule has 0 aromatic heterocycles. The van der Waals surface area contributed by atoms with Gasteiger partial charge >= 0.3 is 5.97 Å². The Morgan fingerprint density at radius 3 is 1.43 bits per heavy atom.